The Morgan fingerprint density at radius 1 is 1.50 bits per heavy atom. The summed E-state index contributed by atoms with van der Waals surface area (Å²) in [6, 6.07) is 0. The molecule has 0 radical (unpaired) electrons. The van der Waals surface area contributed by atoms with Gasteiger partial charge in [-0.1, -0.05) is 11.8 Å². The van der Waals surface area contributed by atoms with E-state index in [2.05, 4.69) is 25.2 Å². The summed E-state index contributed by atoms with van der Waals surface area (Å²) < 4.78 is 0. The lowest BCUT2D eigenvalue weighted by atomic mass is 10.1. The first-order valence-electron chi connectivity index (χ1n) is 3.94. The second-order valence-electron chi connectivity index (χ2n) is 3.38. The van der Waals surface area contributed by atoms with E-state index in [0.717, 1.165) is 11.1 Å². The summed E-state index contributed by atoms with van der Waals surface area (Å²) in [6.07, 6.45) is 2.10. The van der Waals surface area contributed by atoms with Crippen molar-refractivity contribution in [1.29, 1.82) is 0 Å². The molecule has 3 heteroatoms. The Morgan fingerprint density at radius 2 is 2.17 bits per heavy atom. The molecule has 1 N–H and O–H groups in total. The molecule has 2 aliphatic rings. The number of amides is 1. The van der Waals surface area contributed by atoms with Crippen LogP contribution < -0.4 is 5.32 Å². The molecule has 1 atom stereocenters. The summed E-state index contributed by atoms with van der Waals surface area (Å²) in [5.74, 6) is 0.0729. The molecule has 12 heavy (non-hydrogen) atoms. The molecule has 0 aliphatic carbocycles. The highest BCUT2D eigenvalue weighted by Gasteiger charge is 2.42. The van der Waals surface area contributed by atoms with Gasteiger partial charge in [-0.25, -0.2) is 0 Å². The standard InChI is InChI=1S/C9H11NOS/c1-5-4-7-6(2)8(11)10-9(7,3)12-5/h4H,1-3H3,(H,10,11). The molecule has 0 spiro atoms. The van der Waals surface area contributed by atoms with E-state index in [4.69, 9.17) is 0 Å². The Bertz CT molecular complexity index is 329. The monoisotopic (exact) mass is 181 g/mol. The summed E-state index contributed by atoms with van der Waals surface area (Å²) in [4.78, 5) is 12.4. The topological polar surface area (TPSA) is 29.1 Å². The van der Waals surface area contributed by atoms with E-state index in [0.29, 0.717) is 0 Å². The van der Waals surface area contributed by atoms with Crippen molar-refractivity contribution in [2.45, 2.75) is 25.6 Å². The van der Waals surface area contributed by atoms with Crippen LogP contribution in [0.4, 0.5) is 0 Å². The number of carbonyl (C=O) groups excluding carboxylic acids is 1. The minimum Gasteiger partial charge on any atom is -0.334 e. The second-order valence-corrected chi connectivity index (χ2v) is 5.05. The SMILES string of the molecule is CC1=CC2=C(C)C(=O)NC2(C)S1. The normalized spacial score (nSPS) is 33.6. The van der Waals surface area contributed by atoms with Crippen molar-refractivity contribution in [3.05, 3.63) is 22.1 Å². The number of thioether (sulfide) groups is 1. The Balaban J connectivity index is 2.54. The fourth-order valence-corrected chi connectivity index (χ4v) is 3.03. The van der Waals surface area contributed by atoms with E-state index < -0.39 is 0 Å². The quantitative estimate of drug-likeness (QED) is 0.617. The van der Waals surface area contributed by atoms with Gasteiger partial charge in [-0.05, 0) is 37.3 Å². The van der Waals surface area contributed by atoms with E-state index in [1.165, 1.54) is 4.91 Å². The Labute approximate surface area is 76.1 Å². The first-order chi connectivity index (χ1) is 5.53. The van der Waals surface area contributed by atoms with Gasteiger partial charge < -0.3 is 5.32 Å². The van der Waals surface area contributed by atoms with Crippen molar-refractivity contribution in [2.75, 3.05) is 0 Å². The number of hydrogen-bond donors (Lipinski definition) is 1. The van der Waals surface area contributed by atoms with Gasteiger partial charge in [0, 0.05) is 5.57 Å². The minimum absolute atomic E-state index is 0.0729. The maximum atomic E-state index is 11.3. The molecule has 64 valence electrons. The molecule has 2 aliphatic heterocycles. The van der Waals surface area contributed by atoms with Crippen LogP contribution in [0.15, 0.2) is 22.1 Å². The van der Waals surface area contributed by atoms with Gasteiger partial charge in [-0.15, -0.1) is 0 Å². The van der Waals surface area contributed by atoms with Gasteiger partial charge in [0.1, 0.15) is 4.87 Å². The lowest BCUT2D eigenvalue weighted by molar-refractivity contribution is -0.117. The maximum Gasteiger partial charge on any atom is 0.248 e. The van der Waals surface area contributed by atoms with E-state index in [1.54, 1.807) is 11.8 Å². The van der Waals surface area contributed by atoms with Crippen molar-refractivity contribution in [3.8, 4) is 0 Å². The third-order valence-corrected chi connectivity index (χ3v) is 3.49. The third kappa shape index (κ3) is 0.860. The van der Waals surface area contributed by atoms with Crippen LogP contribution in [0.1, 0.15) is 20.8 Å². The molecule has 0 saturated carbocycles. The van der Waals surface area contributed by atoms with Crippen molar-refractivity contribution in [2.24, 2.45) is 0 Å². The van der Waals surface area contributed by atoms with Crippen LogP contribution in [-0.4, -0.2) is 10.8 Å². The lowest BCUT2D eigenvalue weighted by Gasteiger charge is -2.20. The minimum atomic E-state index is -0.175. The van der Waals surface area contributed by atoms with Crippen molar-refractivity contribution < 1.29 is 4.79 Å². The molecule has 0 fully saturated rings. The van der Waals surface area contributed by atoms with Crippen LogP contribution in [0.2, 0.25) is 0 Å². The Hall–Kier alpha value is -0.700. The first-order valence-corrected chi connectivity index (χ1v) is 4.76. The fraction of sp³-hybridized carbons (Fsp3) is 0.444. The highest BCUT2D eigenvalue weighted by atomic mass is 32.2. The van der Waals surface area contributed by atoms with Gasteiger partial charge in [-0.3, -0.25) is 4.79 Å². The average molecular weight is 181 g/mol. The van der Waals surface area contributed by atoms with Gasteiger partial charge in [-0.2, -0.15) is 0 Å². The van der Waals surface area contributed by atoms with Crippen LogP contribution in [0.5, 0.6) is 0 Å². The Morgan fingerprint density at radius 3 is 2.75 bits per heavy atom. The number of rotatable bonds is 0. The molecule has 0 aromatic rings. The summed E-state index contributed by atoms with van der Waals surface area (Å²) >= 11 is 1.72. The molecule has 2 rings (SSSR count). The average Bonchev–Trinajstić information content (AvgIpc) is 2.31. The number of nitrogens with one attached hydrogen (secondary N) is 1. The Kier molecular flexibility index (Phi) is 1.43. The zero-order valence-electron chi connectivity index (χ0n) is 7.39. The highest BCUT2D eigenvalue weighted by molar-refractivity contribution is 8.04. The molecule has 0 saturated heterocycles. The predicted molar refractivity (Wildman–Crippen MR) is 50.6 cm³/mol. The first kappa shape index (κ1) is 7.92. The summed E-state index contributed by atoms with van der Waals surface area (Å²) in [5.41, 5.74) is 2.01. The van der Waals surface area contributed by atoms with Crippen LogP contribution >= 0.6 is 11.8 Å². The zero-order valence-corrected chi connectivity index (χ0v) is 8.21. The largest absolute Gasteiger partial charge is 0.334 e. The summed E-state index contributed by atoms with van der Waals surface area (Å²) in [5, 5.41) is 2.97. The zero-order chi connectivity index (χ0) is 8.93. The predicted octanol–water partition coefficient (Wildman–Crippen LogP) is 1.80. The molecule has 2 nitrogen and oxygen atoms in total. The van der Waals surface area contributed by atoms with E-state index >= 15 is 0 Å². The van der Waals surface area contributed by atoms with E-state index in [-0.39, 0.29) is 10.8 Å². The van der Waals surface area contributed by atoms with Gasteiger partial charge >= 0.3 is 0 Å². The van der Waals surface area contributed by atoms with Crippen molar-refractivity contribution >= 4 is 17.7 Å². The lowest BCUT2D eigenvalue weighted by Crippen LogP contribution is -2.36. The highest BCUT2D eigenvalue weighted by Crippen LogP contribution is 2.47. The number of fused-ring (bicyclic) bond motifs is 1. The van der Waals surface area contributed by atoms with Crippen LogP contribution in [0, 0.1) is 0 Å². The van der Waals surface area contributed by atoms with Gasteiger partial charge in [0.05, 0.1) is 0 Å². The number of hydrogen-bond acceptors (Lipinski definition) is 2. The molecule has 1 unspecified atom stereocenters. The molecule has 2 heterocycles. The molecular formula is C9H11NOS. The van der Waals surface area contributed by atoms with Crippen molar-refractivity contribution in [3.63, 3.8) is 0 Å². The van der Waals surface area contributed by atoms with E-state index in [1.807, 2.05) is 6.92 Å². The van der Waals surface area contributed by atoms with Crippen LogP contribution in [0.3, 0.4) is 0 Å². The van der Waals surface area contributed by atoms with E-state index in [9.17, 15) is 4.79 Å². The summed E-state index contributed by atoms with van der Waals surface area (Å²) in [7, 11) is 0. The maximum absolute atomic E-state index is 11.3. The second kappa shape index (κ2) is 2.16. The molecule has 0 aromatic heterocycles. The molecular weight excluding hydrogens is 170 g/mol. The van der Waals surface area contributed by atoms with Crippen molar-refractivity contribution in [1.82, 2.24) is 5.32 Å². The number of carbonyl (C=O) groups is 1. The van der Waals surface area contributed by atoms with Gasteiger partial charge in [0.25, 0.3) is 0 Å². The fourth-order valence-electron chi connectivity index (χ4n) is 1.74. The third-order valence-electron chi connectivity index (χ3n) is 2.32. The van der Waals surface area contributed by atoms with Crippen LogP contribution in [-0.2, 0) is 4.79 Å². The molecule has 0 bridgehead atoms. The van der Waals surface area contributed by atoms with Gasteiger partial charge in [0.15, 0.2) is 0 Å². The number of allylic oxidation sites excluding steroid dienone is 1. The molecule has 1 amide bonds. The van der Waals surface area contributed by atoms with Gasteiger partial charge in [0.2, 0.25) is 5.91 Å². The molecule has 0 aromatic carbocycles. The van der Waals surface area contributed by atoms with Crippen LogP contribution in [0.25, 0.3) is 0 Å². The summed E-state index contributed by atoms with van der Waals surface area (Å²) in [6.45, 7) is 6.00. The smallest absolute Gasteiger partial charge is 0.248 e.